The molecule has 0 radical (unpaired) electrons. The number of fused-ring (bicyclic) bond motifs is 1. The van der Waals surface area contributed by atoms with Crippen molar-refractivity contribution in [3.63, 3.8) is 0 Å². The number of hydrogen-bond donors (Lipinski definition) is 0. The van der Waals surface area contributed by atoms with Crippen molar-refractivity contribution in [1.29, 1.82) is 0 Å². The van der Waals surface area contributed by atoms with Crippen LogP contribution in [0, 0.1) is 6.92 Å². The molecule has 2 aromatic carbocycles. The van der Waals surface area contributed by atoms with Crippen molar-refractivity contribution in [2.24, 2.45) is 0 Å². The molecule has 5 rings (SSSR count). The van der Waals surface area contributed by atoms with Crippen LogP contribution in [0.5, 0.6) is 0 Å². The van der Waals surface area contributed by atoms with Crippen molar-refractivity contribution in [3.8, 4) is 10.6 Å². The van der Waals surface area contributed by atoms with Crippen LogP contribution >= 0.6 is 11.3 Å². The molecule has 7 heteroatoms. The summed E-state index contributed by atoms with van der Waals surface area (Å²) < 4.78 is 5.91. The standard InChI is InChI=1S/C29H32N4O2S/c1-20-9-7-12-22-15-23(28(32(2)3)31-27(20)22)17-33(18-25-13-8-14-35-25)26(34)16-24-19-36-29(30-24)21-10-5-4-6-11-21/h4-7,9-12,15,19,25H,8,13-14,16-18H2,1-3H3/t25-/m0/s1. The van der Waals surface area contributed by atoms with E-state index in [0.717, 1.165) is 63.6 Å². The van der Waals surface area contributed by atoms with E-state index in [2.05, 4.69) is 31.2 Å². The minimum atomic E-state index is 0.0597. The van der Waals surface area contributed by atoms with Crippen LogP contribution in [0.15, 0.2) is 60.0 Å². The summed E-state index contributed by atoms with van der Waals surface area (Å²) in [6.07, 6.45) is 2.36. The summed E-state index contributed by atoms with van der Waals surface area (Å²) in [5, 5.41) is 4.02. The molecule has 0 aliphatic carbocycles. The maximum atomic E-state index is 13.7. The highest BCUT2D eigenvalue weighted by atomic mass is 32.1. The lowest BCUT2D eigenvalue weighted by atomic mass is 10.1. The van der Waals surface area contributed by atoms with E-state index in [9.17, 15) is 4.79 Å². The van der Waals surface area contributed by atoms with Crippen LogP contribution < -0.4 is 4.90 Å². The Balaban J connectivity index is 1.42. The van der Waals surface area contributed by atoms with Crippen LogP contribution in [0.2, 0.25) is 0 Å². The molecule has 0 N–H and O–H groups in total. The fraction of sp³-hybridized carbons (Fsp3) is 0.345. The number of hydrogen-bond acceptors (Lipinski definition) is 6. The van der Waals surface area contributed by atoms with Crippen molar-refractivity contribution in [2.45, 2.75) is 38.8 Å². The van der Waals surface area contributed by atoms with Gasteiger partial charge in [-0.05, 0) is 31.4 Å². The van der Waals surface area contributed by atoms with Gasteiger partial charge in [0.25, 0.3) is 0 Å². The van der Waals surface area contributed by atoms with E-state index < -0.39 is 0 Å². The van der Waals surface area contributed by atoms with Gasteiger partial charge < -0.3 is 14.5 Å². The minimum absolute atomic E-state index is 0.0597. The molecule has 4 aromatic rings. The number of nitrogens with zero attached hydrogens (tertiary/aromatic N) is 4. The molecule has 0 saturated carbocycles. The van der Waals surface area contributed by atoms with Gasteiger partial charge in [-0.1, -0.05) is 48.5 Å². The Morgan fingerprint density at radius 3 is 2.69 bits per heavy atom. The van der Waals surface area contributed by atoms with Crippen LogP contribution in [-0.4, -0.2) is 54.1 Å². The van der Waals surface area contributed by atoms with E-state index in [1.165, 1.54) is 0 Å². The highest BCUT2D eigenvalue weighted by molar-refractivity contribution is 7.13. The number of amides is 1. The Kier molecular flexibility index (Phi) is 7.30. The maximum Gasteiger partial charge on any atom is 0.229 e. The van der Waals surface area contributed by atoms with Crippen LogP contribution in [0.1, 0.15) is 29.7 Å². The van der Waals surface area contributed by atoms with E-state index in [-0.39, 0.29) is 18.4 Å². The maximum absolute atomic E-state index is 13.7. The highest BCUT2D eigenvalue weighted by Crippen LogP contribution is 2.28. The van der Waals surface area contributed by atoms with Crippen molar-refractivity contribution in [1.82, 2.24) is 14.9 Å². The predicted octanol–water partition coefficient (Wildman–Crippen LogP) is 5.48. The van der Waals surface area contributed by atoms with E-state index in [0.29, 0.717) is 13.1 Å². The molecular formula is C29H32N4O2S. The number of benzene rings is 2. The van der Waals surface area contributed by atoms with Crippen molar-refractivity contribution in [3.05, 3.63) is 76.8 Å². The molecule has 0 spiro atoms. The number of aromatic nitrogens is 2. The van der Waals surface area contributed by atoms with Crippen LogP contribution in [0.3, 0.4) is 0 Å². The Morgan fingerprint density at radius 2 is 1.94 bits per heavy atom. The number of carbonyl (C=O) groups is 1. The lowest BCUT2D eigenvalue weighted by molar-refractivity contribution is -0.132. The molecule has 1 aliphatic rings. The molecule has 2 aromatic heterocycles. The number of pyridine rings is 1. The molecule has 6 nitrogen and oxygen atoms in total. The molecule has 1 saturated heterocycles. The highest BCUT2D eigenvalue weighted by Gasteiger charge is 2.25. The smallest absolute Gasteiger partial charge is 0.229 e. The van der Waals surface area contributed by atoms with Crippen LogP contribution in [0.4, 0.5) is 5.82 Å². The quantitative estimate of drug-likeness (QED) is 0.321. The second-order valence-corrected chi connectivity index (χ2v) is 10.5. The molecule has 0 unspecified atom stereocenters. The van der Waals surface area contributed by atoms with Gasteiger partial charge in [0.2, 0.25) is 5.91 Å². The molecule has 1 atom stereocenters. The average Bonchev–Trinajstić information content (AvgIpc) is 3.56. The number of ether oxygens (including phenoxy) is 1. The third-order valence-electron chi connectivity index (χ3n) is 6.59. The first-order valence-corrected chi connectivity index (χ1v) is 13.3. The van der Waals surface area contributed by atoms with Gasteiger partial charge in [0.1, 0.15) is 10.8 Å². The van der Waals surface area contributed by atoms with Gasteiger partial charge >= 0.3 is 0 Å². The number of anilines is 1. The van der Waals surface area contributed by atoms with Gasteiger partial charge in [0.15, 0.2) is 0 Å². The normalized spacial score (nSPS) is 15.4. The van der Waals surface area contributed by atoms with Crippen molar-refractivity contribution < 1.29 is 9.53 Å². The zero-order valence-corrected chi connectivity index (χ0v) is 21.9. The van der Waals surface area contributed by atoms with Crippen molar-refractivity contribution in [2.75, 3.05) is 32.1 Å². The fourth-order valence-corrected chi connectivity index (χ4v) is 5.57. The van der Waals surface area contributed by atoms with Gasteiger partial charge in [-0.15, -0.1) is 11.3 Å². The summed E-state index contributed by atoms with van der Waals surface area (Å²) in [4.78, 5) is 27.4. The van der Waals surface area contributed by atoms with Gasteiger partial charge in [0, 0.05) is 55.7 Å². The topological polar surface area (TPSA) is 58.6 Å². The van der Waals surface area contributed by atoms with Gasteiger partial charge in [-0.25, -0.2) is 9.97 Å². The molecule has 3 heterocycles. The second-order valence-electron chi connectivity index (χ2n) is 9.61. The Hall–Kier alpha value is -3.29. The largest absolute Gasteiger partial charge is 0.376 e. The summed E-state index contributed by atoms with van der Waals surface area (Å²) >= 11 is 1.58. The molecule has 1 aliphatic heterocycles. The van der Waals surface area contributed by atoms with Crippen molar-refractivity contribution >= 4 is 34.0 Å². The predicted molar refractivity (Wildman–Crippen MR) is 146 cm³/mol. The van der Waals surface area contributed by atoms with E-state index in [4.69, 9.17) is 14.7 Å². The summed E-state index contributed by atoms with van der Waals surface area (Å²) in [6, 6.07) is 18.5. The number of aryl methyl sites for hydroxylation is 1. The molecule has 0 bridgehead atoms. The van der Waals surface area contributed by atoms with Crippen LogP contribution in [0.25, 0.3) is 21.5 Å². The first-order chi connectivity index (χ1) is 17.5. The fourth-order valence-electron chi connectivity index (χ4n) is 4.75. The lowest BCUT2D eigenvalue weighted by Gasteiger charge is -2.27. The monoisotopic (exact) mass is 500 g/mol. The van der Waals surface area contributed by atoms with E-state index in [1.54, 1.807) is 11.3 Å². The SMILES string of the molecule is Cc1cccc2cc(CN(C[C@@H]3CCCO3)C(=O)Cc3csc(-c4ccccc4)n3)c(N(C)C)nc12. The molecule has 1 amide bonds. The third-order valence-corrected chi connectivity index (χ3v) is 7.53. The zero-order valence-electron chi connectivity index (χ0n) is 21.1. The number of para-hydroxylation sites is 1. The second kappa shape index (κ2) is 10.8. The molecule has 36 heavy (non-hydrogen) atoms. The minimum Gasteiger partial charge on any atom is -0.376 e. The lowest BCUT2D eigenvalue weighted by Crippen LogP contribution is -2.38. The molecular weight excluding hydrogens is 468 g/mol. The summed E-state index contributed by atoms with van der Waals surface area (Å²) in [5.41, 5.74) is 5.06. The van der Waals surface area contributed by atoms with E-state index in [1.807, 2.05) is 59.6 Å². The first kappa shape index (κ1) is 24.4. The molecule has 1 fully saturated rings. The van der Waals surface area contributed by atoms with E-state index >= 15 is 0 Å². The summed E-state index contributed by atoms with van der Waals surface area (Å²) in [6.45, 7) is 3.91. The number of thiazole rings is 1. The van der Waals surface area contributed by atoms with Crippen LogP contribution in [-0.2, 0) is 22.5 Å². The number of rotatable bonds is 8. The van der Waals surface area contributed by atoms with Gasteiger partial charge in [0.05, 0.1) is 23.7 Å². The van der Waals surface area contributed by atoms with Gasteiger partial charge in [-0.3, -0.25) is 4.79 Å². The molecule has 186 valence electrons. The number of carbonyl (C=O) groups excluding carboxylic acids is 1. The summed E-state index contributed by atoms with van der Waals surface area (Å²) in [5.74, 6) is 0.950. The Labute approximate surface area is 216 Å². The van der Waals surface area contributed by atoms with Gasteiger partial charge in [-0.2, -0.15) is 0 Å². The first-order valence-electron chi connectivity index (χ1n) is 12.4. The third kappa shape index (κ3) is 5.42. The Bertz CT molecular complexity index is 1350. The average molecular weight is 501 g/mol. The summed E-state index contributed by atoms with van der Waals surface area (Å²) in [7, 11) is 4.01. The zero-order chi connectivity index (χ0) is 25.1. The Morgan fingerprint density at radius 1 is 1.11 bits per heavy atom.